The summed E-state index contributed by atoms with van der Waals surface area (Å²) >= 11 is 5.95. The van der Waals surface area contributed by atoms with Crippen molar-refractivity contribution in [2.45, 2.75) is 12.5 Å². The molecule has 1 aliphatic rings. The van der Waals surface area contributed by atoms with Crippen LogP contribution in [0.15, 0.2) is 36.7 Å². The first kappa shape index (κ1) is 15.2. The highest BCUT2D eigenvalue weighted by Crippen LogP contribution is 2.25. The smallest absolute Gasteiger partial charge is 0.305 e. The highest BCUT2D eigenvalue weighted by molar-refractivity contribution is 6.31. The normalized spacial score (nSPS) is 17.3. The fraction of sp³-hybridized carbons (Fsp3) is 0.214. The van der Waals surface area contributed by atoms with Gasteiger partial charge in [0.05, 0.1) is 4.92 Å². The molecule has 1 saturated heterocycles. The molecule has 0 spiro atoms. The number of halogens is 1. The monoisotopic (exact) mass is 333 g/mol. The third-order valence-corrected chi connectivity index (χ3v) is 3.71. The standard InChI is InChI=1S/C14H12ClN5O3/c15-9-2-1-3-10(6-9)19-5-4-12(13(19)21)18-14-16-7-11(8-17-14)20(22)23/h1-3,6-8,12H,4-5H2,(H,16,17,18)/t12-/m1/s1. The highest BCUT2D eigenvalue weighted by Gasteiger charge is 2.33. The average molecular weight is 334 g/mol. The zero-order valence-corrected chi connectivity index (χ0v) is 12.6. The van der Waals surface area contributed by atoms with Gasteiger partial charge < -0.3 is 10.2 Å². The quantitative estimate of drug-likeness (QED) is 0.680. The highest BCUT2D eigenvalue weighted by atomic mass is 35.5. The maximum Gasteiger partial charge on any atom is 0.305 e. The van der Waals surface area contributed by atoms with E-state index in [2.05, 4.69) is 15.3 Å². The van der Waals surface area contributed by atoms with Crippen molar-refractivity contribution >= 4 is 34.8 Å². The minimum absolute atomic E-state index is 0.116. The number of aromatic nitrogens is 2. The number of benzene rings is 1. The van der Waals surface area contributed by atoms with E-state index < -0.39 is 11.0 Å². The number of carbonyl (C=O) groups is 1. The van der Waals surface area contributed by atoms with Gasteiger partial charge in [0, 0.05) is 17.3 Å². The molecule has 3 rings (SSSR count). The molecule has 1 amide bonds. The predicted molar refractivity (Wildman–Crippen MR) is 84.5 cm³/mol. The summed E-state index contributed by atoms with van der Waals surface area (Å²) in [5, 5.41) is 14.0. The van der Waals surface area contributed by atoms with Crippen LogP contribution < -0.4 is 10.2 Å². The Morgan fingerprint density at radius 3 is 2.74 bits per heavy atom. The Morgan fingerprint density at radius 1 is 1.35 bits per heavy atom. The molecule has 2 aromatic rings. The third-order valence-electron chi connectivity index (χ3n) is 3.48. The fourth-order valence-corrected chi connectivity index (χ4v) is 2.54. The van der Waals surface area contributed by atoms with Gasteiger partial charge in [-0.05, 0) is 24.6 Å². The second-order valence-corrected chi connectivity index (χ2v) is 5.41. The van der Waals surface area contributed by atoms with Gasteiger partial charge >= 0.3 is 5.69 Å². The Hall–Kier alpha value is -2.74. The maximum absolute atomic E-state index is 12.5. The number of nitro groups is 1. The summed E-state index contributed by atoms with van der Waals surface area (Å²) in [6.45, 7) is 0.545. The van der Waals surface area contributed by atoms with E-state index >= 15 is 0 Å². The van der Waals surface area contributed by atoms with Gasteiger partial charge in [0.25, 0.3) is 0 Å². The summed E-state index contributed by atoms with van der Waals surface area (Å²) in [6.07, 6.45) is 2.78. The van der Waals surface area contributed by atoms with Crippen LogP contribution in [0.4, 0.5) is 17.3 Å². The van der Waals surface area contributed by atoms with E-state index in [1.807, 2.05) is 6.07 Å². The first-order valence-electron chi connectivity index (χ1n) is 6.84. The molecule has 1 aromatic heterocycles. The number of hydrogen-bond acceptors (Lipinski definition) is 6. The fourth-order valence-electron chi connectivity index (χ4n) is 2.36. The molecule has 0 radical (unpaired) electrons. The van der Waals surface area contributed by atoms with Crippen molar-refractivity contribution in [3.8, 4) is 0 Å². The van der Waals surface area contributed by atoms with Crippen molar-refractivity contribution in [2.24, 2.45) is 0 Å². The third kappa shape index (κ3) is 3.21. The molecule has 9 heteroatoms. The summed E-state index contributed by atoms with van der Waals surface area (Å²) in [5.74, 6) is 0.0658. The molecule has 1 atom stereocenters. The lowest BCUT2D eigenvalue weighted by molar-refractivity contribution is -0.385. The molecule has 8 nitrogen and oxygen atoms in total. The summed E-state index contributed by atoms with van der Waals surface area (Å²) in [7, 11) is 0. The van der Waals surface area contributed by atoms with Crippen molar-refractivity contribution in [3.05, 3.63) is 51.8 Å². The van der Waals surface area contributed by atoms with E-state index in [1.54, 1.807) is 23.1 Å². The molecular weight excluding hydrogens is 322 g/mol. The van der Waals surface area contributed by atoms with Crippen LogP contribution in [0.5, 0.6) is 0 Å². The molecule has 1 N–H and O–H groups in total. The van der Waals surface area contributed by atoms with Crippen LogP contribution >= 0.6 is 11.6 Å². The second kappa shape index (κ2) is 6.17. The Morgan fingerprint density at radius 2 is 2.09 bits per heavy atom. The average Bonchev–Trinajstić information content (AvgIpc) is 2.89. The van der Waals surface area contributed by atoms with Gasteiger partial charge in [-0.25, -0.2) is 9.97 Å². The second-order valence-electron chi connectivity index (χ2n) is 4.98. The van der Waals surface area contributed by atoms with Gasteiger partial charge in [-0.15, -0.1) is 0 Å². The number of amides is 1. The van der Waals surface area contributed by atoms with Crippen molar-refractivity contribution < 1.29 is 9.72 Å². The molecule has 0 saturated carbocycles. The summed E-state index contributed by atoms with van der Waals surface area (Å²) in [6, 6.07) is 6.59. The van der Waals surface area contributed by atoms with E-state index in [4.69, 9.17) is 11.6 Å². The summed E-state index contributed by atoms with van der Waals surface area (Å²) < 4.78 is 0. The number of carbonyl (C=O) groups excluding carboxylic acids is 1. The molecular formula is C14H12ClN5O3. The van der Waals surface area contributed by atoms with Crippen LogP contribution in [-0.4, -0.2) is 33.4 Å². The molecule has 0 unspecified atom stereocenters. The van der Waals surface area contributed by atoms with E-state index in [9.17, 15) is 14.9 Å². The lowest BCUT2D eigenvalue weighted by Gasteiger charge is -2.17. The van der Waals surface area contributed by atoms with Gasteiger partial charge in [-0.3, -0.25) is 14.9 Å². The molecule has 0 bridgehead atoms. The molecule has 0 aliphatic carbocycles. The zero-order valence-electron chi connectivity index (χ0n) is 11.8. The number of hydrogen-bond donors (Lipinski definition) is 1. The van der Waals surface area contributed by atoms with E-state index in [-0.39, 0.29) is 17.5 Å². The SMILES string of the molecule is O=C1[C@H](Nc2ncc([N+](=O)[O-])cn2)CCN1c1cccc(Cl)c1. The van der Waals surface area contributed by atoms with Crippen LogP contribution in [0.2, 0.25) is 5.02 Å². The minimum atomic E-state index is -0.578. The van der Waals surface area contributed by atoms with E-state index in [0.29, 0.717) is 18.0 Å². The van der Waals surface area contributed by atoms with Gasteiger partial charge in [-0.2, -0.15) is 0 Å². The van der Waals surface area contributed by atoms with Crippen molar-refractivity contribution in [1.82, 2.24) is 9.97 Å². The predicted octanol–water partition coefficient (Wildman–Crippen LogP) is 2.26. The van der Waals surface area contributed by atoms with Crippen LogP contribution in [0.1, 0.15) is 6.42 Å². The molecule has 1 fully saturated rings. The number of rotatable bonds is 4. The first-order chi connectivity index (χ1) is 11.0. The first-order valence-corrected chi connectivity index (χ1v) is 7.22. The summed E-state index contributed by atoms with van der Waals surface area (Å²) in [5.41, 5.74) is 0.533. The molecule has 1 aromatic carbocycles. The van der Waals surface area contributed by atoms with Gasteiger partial charge in [-0.1, -0.05) is 17.7 Å². The van der Waals surface area contributed by atoms with Gasteiger partial charge in [0.1, 0.15) is 18.4 Å². The molecule has 2 heterocycles. The largest absolute Gasteiger partial charge is 0.342 e. The zero-order chi connectivity index (χ0) is 16.4. The maximum atomic E-state index is 12.5. The number of nitrogens with zero attached hydrogens (tertiary/aromatic N) is 4. The Kier molecular flexibility index (Phi) is 4.07. The Balaban J connectivity index is 1.70. The van der Waals surface area contributed by atoms with Crippen molar-refractivity contribution in [3.63, 3.8) is 0 Å². The van der Waals surface area contributed by atoms with Crippen LogP contribution in [0.25, 0.3) is 0 Å². The summed E-state index contributed by atoms with van der Waals surface area (Å²) in [4.78, 5) is 31.8. The topological polar surface area (TPSA) is 101 Å². The Bertz CT molecular complexity index is 752. The van der Waals surface area contributed by atoms with Gasteiger partial charge in [0.15, 0.2) is 0 Å². The van der Waals surface area contributed by atoms with Crippen molar-refractivity contribution in [2.75, 3.05) is 16.8 Å². The molecule has 1 aliphatic heterocycles. The lowest BCUT2D eigenvalue weighted by Crippen LogP contribution is -2.33. The minimum Gasteiger partial charge on any atom is -0.342 e. The van der Waals surface area contributed by atoms with Gasteiger partial charge in [0.2, 0.25) is 11.9 Å². The van der Waals surface area contributed by atoms with Crippen LogP contribution in [0.3, 0.4) is 0 Å². The molecule has 118 valence electrons. The number of nitrogens with one attached hydrogen (secondary N) is 1. The Labute approximate surface area is 136 Å². The van der Waals surface area contributed by atoms with Crippen LogP contribution in [0, 0.1) is 10.1 Å². The van der Waals surface area contributed by atoms with Crippen molar-refractivity contribution in [1.29, 1.82) is 0 Å². The van der Waals surface area contributed by atoms with Crippen LogP contribution in [-0.2, 0) is 4.79 Å². The van der Waals surface area contributed by atoms with E-state index in [1.165, 1.54) is 0 Å². The molecule has 23 heavy (non-hydrogen) atoms. The lowest BCUT2D eigenvalue weighted by atomic mass is 10.2. The van der Waals surface area contributed by atoms with E-state index in [0.717, 1.165) is 18.1 Å². The number of anilines is 2.